The largest absolute Gasteiger partial charge is 0.497 e. The lowest BCUT2D eigenvalue weighted by Gasteiger charge is -2.35. The number of nitrogens with one attached hydrogen (secondary N) is 1. The number of ether oxygens (including phenoxy) is 2. The van der Waals surface area contributed by atoms with Crippen molar-refractivity contribution in [1.82, 2.24) is 4.98 Å². The number of hydrogen-bond donors (Lipinski definition) is 2. The van der Waals surface area contributed by atoms with E-state index < -0.39 is 11.5 Å². The predicted molar refractivity (Wildman–Crippen MR) is 122 cm³/mol. The molecule has 4 rings (SSSR count). The van der Waals surface area contributed by atoms with E-state index in [0.29, 0.717) is 12.0 Å². The van der Waals surface area contributed by atoms with E-state index in [1.807, 2.05) is 85.1 Å². The Balaban J connectivity index is 1.95. The van der Waals surface area contributed by atoms with Crippen molar-refractivity contribution < 1.29 is 14.3 Å². The van der Waals surface area contributed by atoms with Gasteiger partial charge < -0.3 is 20.2 Å². The smallest absolute Gasteiger partial charge is 0.331 e. The molecule has 4 aromatic rings. The van der Waals surface area contributed by atoms with Crippen molar-refractivity contribution in [2.45, 2.75) is 17.9 Å². The first-order chi connectivity index (χ1) is 15.1. The number of esters is 1. The number of aromatic amines is 1. The van der Waals surface area contributed by atoms with Crippen LogP contribution < -0.4 is 10.5 Å². The Hall–Kier alpha value is -3.57. The first-order valence-electron chi connectivity index (χ1n) is 10.2. The van der Waals surface area contributed by atoms with Gasteiger partial charge in [0.25, 0.3) is 0 Å². The molecule has 31 heavy (non-hydrogen) atoms. The Morgan fingerprint density at radius 2 is 1.68 bits per heavy atom. The second-order valence-corrected chi connectivity index (χ2v) is 7.62. The van der Waals surface area contributed by atoms with E-state index >= 15 is 0 Å². The Kier molecular flexibility index (Phi) is 5.78. The van der Waals surface area contributed by atoms with Gasteiger partial charge in [-0.15, -0.1) is 0 Å². The fourth-order valence-corrected chi connectivity index (χ4v) is 4.25. The number of methoxy groups -OCH3 is 2. The van der Waals surface area contributed by atoms with Crippen LogP contribution in [0.5, 0.6) is 5.75 Å². The molecule has 158 valence electrons. The third-order valence-electron chi connectivity index (χ3n) is 5.90. The fraction of sp³-hybridized carbons (Fsp3) is 0.192. The molecule has 0 amide bonds. The van der Waals surface area contributed by atoms with Gasteiger partial charge in [0.1, 0.15) is 11.3 Å². The Morgan fingerprint density at radius 3 is 2.32 bits per heavy atom. The van der Waals surface area contributed by atoms with Crippen molar-refractivity contribution in [3.8, 4) is 5.75 Å². The maximum absolute atomic E-state index is 13.2. The van der Waals surface area contributed by atoms with Crippen molar-refractivity contribution in [1.29, 1.82) is 0 Å². The van der Waals surface area contributed by atoms with Crippen LogP contribution in [0.15, 0.2) is 85.1 Å². The molecule has 0 saturated carbocycles. The van der Waals surface area contributed by atoms with Crippen LogP contribution in [0, 0.1) is 0 Å². The van der Waals surface area contributed by atoms with Gasteiger partial charge in [0.2, 0.25) is 0 Å². The van der Waals surface area contributed by atoms with E-state index in [4.69, 9.17) is 15.2 Å². The molecule has 1 unspecified atom stereocenters. The second-order valence-electron chi connectivity index (χ2n) is 7.62. The summed E-state index contributed by atoms with van der Waals surface area (Å²) in [4.78, 5) is 16.6. The highest BCUT2D eigenvalue weighted by Gasteiger charge is 2.46. The highest BCUT2D eigenvalue weighted by atomic mass is 16.5. The number of rotatable bonds is 7. The van der Waals surface area contributed by atoms with Crippen LogP contribution in [0.3, 0.4) is 0 Å². The van der Waals surface area contributed by atoms with Gasteiger partial charge in [-0.2, -0.15) is 0 Å². The van der Waals surface area contributed by atoms with Crippen LogP contribution in [0.1, 0.15) is 22.6 Å². The van der Waals surface area contributed by atoms with Crippen molar-refractivity contribution in [3.63, 3.8) is 0 Å². The molecule has 0 aliphatic carbocycles. The van der Waals surface area contributed by atoms with Crippen LogP contribution in [0.4, 0.5) is 0 Å². The number of aromatic nitrogens is 1. The molecule has 0 aliphatic rings. The minimum atomic E-state index is -1.38. The van der Waals surface area contributed by atoms with E-state index in [2.05, 4.69) is 4.98 Å². The molecular weight excluding hydrogens is 388 g/mol. The average Bonchev–Trinajstić information content (AvgIpc) is 3.25. The van der Waals surface area contributed by atoms with Crippen molar-refractivity contribution in [3.05, 3.63) is 102 Å². The summed E-state index contributed by atoms with van der Waals surface area (Å²) in [5.41, 5.74) is 9.30. The van der Waals surface area contributed by atoms with E-state index in [1.165, 1.54) is 7.11 Å². The lowest BCUT2D eigenvalue weighted by molar-refractivity contribution is -0.148. The molecule has 2 atom stereocenters. The summed E-state index contributed by atoms with van der Waals surface area (Å²) in [5, 5.41) is 0.968. The zero-order valence-corrected chi connectivity index (χ0v) is 17.7. The number of H-pyrrole nitrogens is 1. The first-order valence-corrected chi connectivity index (χ1v) is 10.2. The zero-order valence-electron chi connectivity index (χ0n) is 17.7. The van der Waals surface area contributed by atoms with Crippen LogP contribution >= 0.6 is 0 Å². The molecule has 0 radical (unpaired) electrons. The molecule has 5 heteroatoms. The average molecular weight is 415 g/mol. The van der Waals surface area contributed by atoms with Gasteiger partial charge in [-0.25, -0.2) is 4.79 Å². The highest BCUT2D eigenvalue weighted by Crippen LogP contribution is 2.42. The number of hydrogen-bond acceptors (Lipinski definition) is 4. The predicted octanol–water partition coefficient (Wildman–Crippen LogP) is 4.53. The van der Waals surface area contributed by atoms with Crippen molar-refractivity contribution in [2.75, 3.05) is 14.2 Å². The maximum Gasteiger partial charge on any atom is 0.331 e. The van der Waals surface area contributed by atoms with Gasteiger partial charge in [-0.05, 0) is 41.3 Å². The minimum absolute atomic E-state index is 0.384. The summed E-state index contributed by atoms with van der Waals surface area (Å²) in [6, 6.07) is 25.3. The topological polar surface area (TPSA) is 77.3 Å². The molecule has 5 nitrogen and oxygen atoms in total. The molecule has 3 aromatic carbocycles. The molecule has 0 spiro atoms. The van der Waals surface area contributed by atoms with Crippen LogP contribution in [0.2, 0.25) is 0 Å². The van der Waals surface area contributed by atoms with Gasteiger partial charge in [-0.3, -0.25) is 0 Å². The number of carbonyl (C=O) groups excluding carboxylic acids is 1. The maximum atomic E-state index is 13.2. The SMILES string of the molecule is COC(=O)[C@@](N)(c1ccccc1)C(Cc1ccccc1)c1c[nH]c2ccc(OC)cc12. The summed E-state index contributed by atoms with van der Waals surface area (Å²) < 4.78 is 10.7. The molecule has 1 heterocycles. The number of fused-ring (bicyclic) bond motifs is 1. The molecule has 0 saturated heterocycles. The number of carbonyl (C=O) groups is 1. The van der Waals surface area contributed by atoms with Gasteiger partial charge in [0.15, 0.2) is 0 Å². The Morgan fingerprint density at radius 1 is 1.00 bits per heavy atom. The first kappa shape index (κ1) is 20.7. The lowest BCUT2D eigenvalue weighted by Crippen LogP contribution is -2.51. The number of benzene rings is 3. The molecular formula is C26H26N2O3. The molecule has 3 N–H and O–H groups in total. The minimum Gasteiger partial charge on any atom is -0.497 e. The van der Waals surface area contributed by atoms with Crippen molar-refractivity contribution >= 4 is 16.9 Å². The lowest BCUT2D eigenvalue weighted by atomic mass is 9.72. The van der Waals surface area contributed by atoms with E-state index in [1.54, 1.807) is 7.11 Å². The molecule has 0 fully saturated rings. The Bertz CT molecular complexity index is 1170. The summed E-state index contributed by atoms with van der Waals surface area (Å²) in [6.07, 6.45) is 2.50. The van der Waals surface area contributed by atoms with Gasteiger partial charge in [0, 0.05) is 23.0 Å². The van der Waals surface area contributed by atoms with Gasteiger partial charge in [0.05, 0.1) is 14.2 Å². The summed E-state index contributed by atoms with van der Waals surface area (Å²) >= 11 is 0. The summed E-state index contributed by atoms with van der Waals surface area (Å²) in [7, 11) is 3.02. The highest BCUT2D eigenvalue weighted by molar-refractivity contribution is 5.89. The van der Waals surface area contributed by atoms with Gasteiger partial charge in [-0.1, -0.05) is 60.7 Å². The van der Waals surface area contributed by atoms with Crippen molar-refractivity contribution in [2.24, 2.45) is 5.73 Å². The Labute approximate surface area is 181 Å². The standard InChI is InChI=1S/C26H26N2O3/c1-30-20-13-14-24-21(16-20)22(17-28-24)23(15-18-9-5-3-6-10-18)26(27,25(29)31-2)19-11-7-4-8-12-19/h3-14,16-17,23,28H,15,27H2,1-2H3/t23?,26-/m1/s1. The molecule has 0 bridgehead atoms. The molecule has 1 aromatic heterocycles. The monoisotopic (exact) mass is 414 g/mol. The van der Waals surface area contributed by atoms with E-state index in [9.17, 15) is 4.79 Å². The normalized spacial score (nSPS) is 14.0. The van der Waals surface area contributed by atoms with Crippen LogP contribution in [-0.2, 0) is 21.5 Å². The zero-order chi connectivity index (χ0) is 21.8. The van der Waals surface area contributed by atoms with Crippen LogP contribution in [0.25, 0.3) is 10.9 Å². The number of nitrogens with two attached hydrogens (primary N) is 1. The summed E-state index contributed by atoms with van der Waals surface area (Å²) in [6.45, 7) is 0. The third kappa shape index (κ3) is 3.80. The van der Waals surface area contributed by atoms with E-state index in [-0.39, 0.29) is 5.92 Å². The summed E-state index contributed by atoms with van der Waals surface area (Å²) in [5.74, 6) is -0.116. The molecule has 0 aliphatic heterocycles. The third-order valence-corrected chi connectivity index (χ3v) is 5.90. The fourth-order valence-electron chi connectivity index (χ4n) is 4.25. The quantitative estimate of drug-likeness (QED) is 0.436. The van der Waals surface area contributed by atoms with E-state index in [0.717, 1.165) is 27.8 Å². The van der Waals surface area contributed by atoms with Crippen LogP contribution in [-0.4, -0.2) is 25.2 Å². The van der Waals surface area contributed by atoms with Gasteiger partial charge >= 0.3 is 5.97 Å². The second kappa shape index (κ2) is 8.66.